The van der Waals surface area contributed by atoms with E-state index in [4.69, 9.17) is 9.47 Å². The standard InChI is InChI=1S/C14H22O3/c1-9-7-10(2)12(11(8-9)16-5)13(15)14(3,4)17-6/h7-8,13,15H,1-6H3. The molecule has 1 rings (SSSR count). The van der Waals surface area contributed by atoms with E-state index in [1.165, 1.54) is 0 Å². The molecular weight excluding hydrogens is 216 g/mol. The molecule has 0 aliphatic rings. The van der Waals surface area contributed by atoms with Crippen LogP contribution in [0, 0.1) is 13.8 Å². The first-order valence-electron chi connectivity index (χ1n) is 5.71. The first-order chi connectivity index (χ1) is 7.83. The SMILES string of the molecule is COc1cc(C)cc(C)c1C(O)C(C)(C)OC. The van der Waals surface area contributed by atoms with Crippen molar-refractivity contribution in [3.05, 3.63) is 28.8 Å². The van der Waals surface area contributed by atoms with Gasteiger partial charge in [0, 0.05) is 12.7 Å². The van der Waals surface area contributed by atoms with E-state index >= 15 is 0 Å². The number of aliphatic hydroxyl groups excluding tert-OH is 1. The van der Waals surface area contributed by atoms with Gasteiger partial charge < -0.3 is 14.6 Å². The van der Waals surface area contributed by atoms with Crippen LogP contribution in [-0.4, -0.2) is 24.9 Å². The van der Waals surface area contributed by atoms with Crippen LogP contribution in [0.4, 0.5) is 0 Å². The average molecular weight is 238 g/mol. The van der Waals surface area contributed by atoms with Gasteiger partial charge in [0.2, 0.25) is 0 Å². The largest absolute Gasteiger partial charge is 0.496 e. The van der Waals surface area contributed by atoms with Crippen LogP contribution < -0.4 is 4.74 Å². The Kier molecular flexibility index (Phi) is 4.17. The van der Waals surface area contributed by atoms with E-state index in [9.17, 15) is 5.11 Å². The summed E-state index contributed by atoms with van der Waals surface area (Å²) in [6.07, 6.45) is -0.719. The third kappa shape index (κ3) is 2.79. The number of benzene rings is 1. The van der Waals surface area contributed by atoms with Gasteiger partial charge in [0.1, 0.15) is 11.9 Å². The van der Waals surface area contributed by atoms with E-state index in [1.54, 1.807) is 14.2 Å². The molecule has 0 saturated heterocycles. The summed E-state index contributed by atoms with van der Waals surface area (Å²) >= 11 is 0. The number of rotatable bonds is 4. The minimum absolute atomic E-state index is 0.646. The van der Waals surface area contributed by atoms with Crippen molar-refractivity contribution in [2.24, 2.45) is 0 Å². The molecule has 0 amide bonds. The average Bonchev–Trinajstić information content (AvgIpc) is 2.27. The van der Waals surface area contributed by atoms with Gasteiger partial charge in [-0.2, -0.15) is 0 Å². The molecule has 3 heteroatoms. The highest BCUT2D eigenvalue weighted by Crippen LogP contribution is 2.36. The van der Waals surface area contributed by atoms with Crippen molar-refractivity contribution < 1.29 is 14.6 Å². The minimum Gasteiger partial charge on any atom is -0.496 e. The van der Waals surface area contributed by atoms with Crippen molar-refractivity contribution in [1.29, 1.82) is 0 Å². The number of methoxy groups -OCH3 is 2. The van der Waals surface area contributed by atoms with E-state index in [1.807, 2.05) is 39.8 Å². The molecule has 0 bridgehead atoms. The van der Waals surface area contributed by atoms with Crippen molar-refractivity contribution in [2.75, 3.05) is 14.2 Å². The van der Waals surface area contributed by atoms with Crippen molar-refractivity contribution in [3.63, 3.8) is 0 Å². The summed E-state index contributed by atoms with van der Waals surface area (Å²) in [5, 5.41) is 10.4. The van der Waals surface area contributed by atoms with Crippen LogP contribution in [0.3, 0.4) is 0 Å². The topological polar surface area (TPSA) is 38.7 Å². The lowest BCUT2D eigenvalue weighted by Crippen LogP contribution is -2.32. The second-order valence-corrected chi connectivity index (χ2v) is 4.91. The van der Waals surface area contributed by atoms with E-state index in [-0.39, 0.29) is 0 Å². The lowest BCUT2D eigenvalue weighted by atomic mass is 9.90. The second-order valence-electron chi connectivity index (χ2n) is 4.91. The van der Waals surface area contributed by atoms with E-state index in [0.717, 1.165) is 16.7 Å². The van der Waals surface area contributed by atoms with Gasteiger partial charge in [-0.15, -0.1) is 0 Å². The Labute approximate surface area is 103 Å². The Morgan fingerprint density at radius 3 is 2.24 bits per heavy atom. The fourth-order valence-corrected chi connectivity index (χ4v) is 1.92. The highest BCUT2D eigenvalue weighted by Gasteiger charge is 2.32. The van der Waals surface area contributed by atoms with Crippen molar-refractivity contribution in [3.8, 4) is 5.75 Å². The van der Waals surface area contributed by atoms with Crippen LogP contribution in [0.5, 0.6) is 5.75 Å². The molecule has 1 atom stereocenters. The molecular formula is C14H22O3. The summed E-state index contributed by atoms with van der Waals surface area (Å²) in [6.45, 7) is 7.69. The smallest absolute Gasteiger partial charge is 0.125 e. The third-order valence-corrected chi connectivity index (χ3v) is 3.17. The molecule has 3 nitrogen and oxygen atoms in total. The molecule has 0 saturated carbocycles. The molecule has 96 valence electrons. The first-order valence-corrected chi connectivity index (χ1v) is 5.71. The zero-order valence-corrected chi connectivity index (χ0v) is 11.5. The summed E-state index contributed by atoms with van der Waals surface area (Å²) < 4.78 is 10.7. The highest BCUT2D eigenvalue weighted by molar-refractivity contribution is 5.45. The van der Waals surface area contributed by atoms with Crippen molar-refractivity contribution in [2.45, 2.75) is 39.4 Å². The summed E-state index contributed by atoms with van der Waals surface area (Å²) in [7, 11) is 3.21. The molecule has 0 radical (unpaired) electrons. The number of hydrogen-bond acceptors (Lipinski definition) is 3. The Bertz CT molecular complexity index is 397. The normalized spacial score (nSPS) is 13.6. The first kappa shape index (κ1) is 14.0. The number of aryl methyl sites for hydroxylation is 2. The quantitative estimate of drug-likeness (QED) is 0.876. The Morgan fingerprint density at radius 2 is 1.76 bits per heavy atom. The maximum atomic E-state index is 10.4. The molecule has 1 unspecified atom stereocenters. The van der Waals surface area contributed by atoms with Gasteiger partial charge in [-0.05, 0) is 44.9 Å². The molecule has 1 aromatic rings. The fourth-order valence-electron chi connectivity index (χ4n) is 1.92. The van der Waals surface area contributed by atoms with E-state index in [0.29, 0.717) is 5.75 Å². The van der Waals surface area contributed by atoms with Crippen LogP contribution in [0.2, 0.25) is 0 Å². The zero-order valence-electron chi connectivity index (χ0n) is 11.5. The van der Waals surface area contributed by atoms with Crippen LogP contribution in [0.25, 0.3) is 0 Å². The number of aliphatic hydroxyl groups is 1. The van der Waals surface area contributed by atoms with Crippen molar-refractivity contribution >= 4 is 0 Å². The highest BCUT2D eigenvalue weighted by atomic mass is 16.5. The molecule has 0 aliphatic carbocycles. The number of ether oxygens (including phenoxy) is 2. The Hall–Kier alpha value is -1.06. The summed E-state index contributed by atoms with van der Waals surface area (Å²) in [5.41, 5.74) is 2.28. The zero-order chi connectivity index (χ0) is 13.2. The number of hydrogen-bond donors (Lipinski definition) is 1. The second kappa shape index (κ2) is 5.07. The van der Waals surface area contributed by atoms with Gasteiger partial charge >= 0.3 is 0 Å². The molecule has 17 heavy (non-hydrogen) atoms. The maximum Gasteiger partial charge on any atom is 0.125 e. The molecule has 0 aromatic heterocycles. The van der Waals surface area contributed by atoms with Crippen LogP contribution in [0.15, 0.2) is 12.1 Å². The molecule has 0 heterocycles. The van der Waals surface area contributed by atoms with Crippen LogP contribution in [0.1, 0.15) is 36.6 Å². The summed E-state index contributed by atoms with van der Waals surface area (Å²) in [5.74, 6) is 0.708. The van der Waals surface area contributed by atoms with Gasteiger partial charge in [-0.3, -0.25) is 0 Å². The fraction of sp³-hybridized carbons (Fsp3) is 0.571. The van der Waals surface area contributed by atoms with Gasteiger partial charge in [-0.1, -0.05) is 6.07 Å². The summed E-state index contributed by atoms with van der Waals surface area (Å²) in [6, 6.07) is 3.96. The van der Waals surface area contributed by atoms with Gasteiger partial charge in [0.25, 0.3) is 0 Å². The summed E-state index contributed by atoms with van der Waals surface area (Å²) in [4.78, 5) is 0. The van der Waals surface area contributed by atoms with E-state index < -0.39 is 11.7 Å². The molecule has 1 N–H and O–H groups in total. The van der Waals surface area contributed by atoms with Crippen LogP contribution in [-0.2, 0) is 4.74 Å². The van der Waals surface area contributed by atoms with E-state index in [2.05, 4.69) is 0 Å². The minimum atomic E-state index is -0.719. The lowest BCUT2D eigenvalue weighted by molar-refractivity contribution is -0.0802. The predicted octanol–water partition coefficient (Wildman–Crippen LogP) is 2.77. The third-order valence-electron chi connectivity index (χ3n) is 3.17. The van der Waals surface area contributed by atoms with Crippen molar-refractivity contribution in [1.82, 2.24) is 0 Å². The molecule has 1 aromatic carbocycles. The maximum absolute atomic E-state index is 10.4. The monoisotopic (exact) mass is 238 g/mol. The van der Waals surface area contributed by atoms with Crippen LogP contribution >= 0.6 is 0 Å². The van der Waals surface area contributed by atoms with Gasteiger partial charge in [-0.25, -0.2) is 0 Å². The predicted molar refractivity (Wildman–Crippen MR) is 68.5 cm³/mol. The van der Waals surface area contributed by atoms with Gasteiger partial charge in [0.15, 0.2) is 0 Å². The molecule has 0 aliphatic heterocycles. The Balaban J connectivity index is 3.30. The Morgan fingerprint density at radius 1 is 1.18 bits per heavy atom. The molecule has 0 fully saturated rings. The lowest BCUT2D eigenvalue weighted by Gasteiger charge is -2.31. The molecule has 0 spiro atoms. The van der Waals surface area contributed by atoms with Gasteiger partial charge in [0.05, 0.1) is 12.7 Å².